The Kier molecular flexibility index (Phi) is 4.84. The number of hydrogen-bond acceptors (Lipinski definition) is 3. The molecule has 2 aliphatic rings. The van der Waals surface area contributed by atoms with Gasteiger partial charge in [0.2, 0.25) is 5.91 Å². The van der Waals surface area contributed by atoms with Gasteiger partial charge in [0, 0.05) is 18.2 Å². The number of benzene rings is 2. The molecule has 2 aromatic rings. The molecule has 0 spiro atoms. The molecule has 0 radical (unpaired) electrons. The van der Waals surface area contributed by atoms with Crippen molar-refractivity contribution in [1.82, 2.24) is 10.2 Å². The number of ether oxygens (including phenoxy) is 1. The van der Waals surface area contributed by atoms with E-state index < -0.39 is 0 Å². The van der Waals surface area contributed by atoms with E-state index in [2.05, 4.69) is 5.32 Å². The van der Waals surface area contributed by atoms with Crippen molar-refractivity contribution in [1.29, 1.82) is 0 Å². The van der Waals surface area contributed by atoms with Gasteiger partial charge in [0.1, 0.15) is 5.75 Å². The highest BCUT2D eigenvalue weighted by molar-refractivity contribution is 5.94. The van der Waals surface area contributed by atoms with Crippen LogP contribution in [0.1, 0.15) is 28.8 Å². The molecule has 2 amide bonds. The first-order valence-electron chi connectivity index (χ1n) is 9.42. The minimum atomic E-state index is -0.0617. The third-order valence-corrected chi connectivity index (χ3v) is 5.64. The second-order valence-corrected chi connectivity index (χ2v) is 7.43. The van der Waals surface area contributed by atoms with Crippen LogP contribution in [-0.4, -0.2) is 42.5 Å². The Hall–Kier alpha value is -2.82. The molecule has 27 heavy (non-hydrogen) atoms. The van der Waals surface area contributed by atoms with E-state index in [1.165, 1.54) is 0 Å². The number of rotatable bonds is 5. The summed E-state index contributed by atoms with van der Waals surface area (Å²) >= 11 is 0. The number of piperidine rings is 1. The van der Waals surface area contributed by atoms with Crippen LogP contribution in [0.2, 0.25) is 0 Å². The Balaban J connectivity index is 1.41. The van der Waals surface area contributed by atoms with Crippen molar-refractivity contribution in [2.75, 3.05) is 13.7 Å². The molecule has 140 valence electrons. The van der Waals surface area contributed by atoms with E-state index in [0.717, 1.165) is 30.7 Å². The average molecular weight is 364 g/mol. The van der Waals surface area contributed by atoms with Crippen molar-refractivity contribution < 1.29 is 14.3 Å². The molecular weight excluding hydrogens is 340 g/mol. The maximum atomic E-state index is 12.9. The van der Waals surface area contributed by atoms with Gasteiger partial charge in [-0.3, -0.25) is 9.59 Å². The molecule has 1 saturated carbocycles. The minimum absolute atomic E-state index is 0.0331. The highest BCUT2D eigenvalue weighted by Gasteiger charge is 2.47. The number of nitrogens with one attached hydrogen (secondary N) is 1. The molecule has 4 rings (SSSR count). The Labute approximate surface area is 159 Å². The van der Waals surface area contributed by atoms with Gasteiger partial charge in [-0.1, -0.05) is 30.3 Å². The first kappa shape index (κ1) is 17.6. The van der Waals surface area contributed by atoms with Crippen LogP contribution in [0, 0.1) is 5.92 Å². The lowest BCUT2D eigenvalue weighted by Gasteiger charge is -2.34. The number of amides is 2. The average Bonchev–Trinajstić information content (AvgIpc) is 3.29. The third kappa shape index (κ3) is 3.68. The maximum Gasteiger partial charge on any atom is 0.251 e. The zero-order valence-electron chi connectivity index (χ0n) is 15.4. The quantitative estimate of drug-likeness (QED) is 0.887. The van der Waals surface area contributed by atoms with Crippen LogP contribution in [0.15, 0.2) is 54.6 Å². The zero-order chi connectivity index (χ0) is 18.8. The van der Waals surface area contributed by atoms with E-state index >= 15 is 0 Å². The normalized spacial score (nSPS) is 23.3. The number of nitrogens with zero attached hydrogens (tertiary/aromatic N) is 1. The van der Waals surface area contributed by atoms with E-state index in [1.54, 1.807) is 7.11 Å². The molecule has 3 atom stereocenters. The molecule has 5 heteroatoms. The fraction of sp³-hybridized carbons (Fsp3) is 0.364. The number of hydrogen-bond donors (Lipinski definition) is 1. The zero-order valence-corrected chi connectivity index (χ0v) is 15.4. The molecule has 1 heterocycles. The number of likely N-dealkylation sites (tertiary alicyclic amines) is 1. The fourth-order valence-corrected chi connectivity index (χ4v) is 4.37. The van der Waals surface area contributed by atoms with Gasteiger partial charge < -0.3 is 15.0 Å². The predicted molar refractivity (Wildman–Crippen MR) is 103 cm³/mol. The van der Waals surface area contributed by atoms with E-state index in [-0.39, 0.29) is 23.9 Å². The SMILES string of the molecule is COc1cccc(CC(=O)N2CC3CC(NC(=O)c4ccccc4)C2C3)c1. The second kappa shape index (κ2) is 7.43. The van der Waals surface area contributed by atoms with Crippen molar-refractivity contribution in [3.05, 3.63) is 65.7 Å². The Morgan fingerprint density at radius 2 is 1.93 bits per heavy atom. The standard InChI is InChI=1S/C22H24N2O3/c1-27-18-9-5-6-15(10-18)13-21(25)24-14-16-11-19(20(24)12-16)23-22(26)17-7-3-2-4-8-17/h2-10,16,19-20H,11-14H2,1H3,(H,23,26). The van der Waals surface area contributed by atoms with Crippen molar-refractivity contribution in [3.8, 4) is 5.75 Å². The minimum Gasteiger partial charge on any atom is -0.497 e. The summed E-state index contributed by atoms with van der Waals surface area (Å²) < 4.78 is 5.24. The van der Waals surface area contributed by atoms with Gasteiger partial charge in [-0.15, -0.1) is 0 Å². The van der Waals surface area contributed by atoms with Gasteiger partial charge in [-0.05, 0) is 48.6 Å². The number of methoxy groups -OCH3 is 1. The Morgan fingerprint density at radius 1 is 1.11 bits per heavy atom. The Bertz CT molecular complexity index is 836. The number of carbonyl (C=O) groups excluding carboxylic acids is 2. The first-order valence-corrected chi connectivity index (χ1v) is 9.42. The molecule has 5 nitrogen and oxygen atoms in total. The van der Waals surface area contributed by atoms with E-state index in [1.807, 2.05) is 59.5 Å². The molecule has 1 aliphatic carbocycles. The second-order valence-electron chi connectivity index (χ2n) is 7.43. The van der Waals surface area contributed by atoms with Gasteiger partial charge >= 0.3 is 0 Å². The van der Waals surface area contributed by atoms with Crippen molar-refractivity contribution in [2.45, 2.75) is 31.3 Å². The molecule has 2 bridgehead atoms. The van der Waals surface area contributed by atoms with Gasteiger partial charge in [-0.2, -0.15) is 0 Å². The molecule has 2 fully saturated rings. The largest absolute Gasteiger partial charge is 0.497 e. The van der Waals surface area contributed by atoms with E-state index in [4.69, 9.17) is 4.74 Å². The van der Waals surface area contributed by atoms with Crippen LogP contribution in [0.5, 0.6) is 5.75 Å². The first-order chi connectivity index (χ1) is 13.1. The predicted octanol–water partition coefficient (Wildman–Crippen LogP) is 2.66. The van der Waals surface area contributed by atoms with Gasteiger partial charge in [0.15, 0.2) is 0 Å². The van der Waals surface area contributed by atoms with Crippen molar-refractivity contribution >= 4 is 11.8 Å². The topological polar surface area (TPSA) is 58.6 Å². The van der Waals surface area contributed by atoms with Gasteiger partial charge in [-0.25, -0.2) is 0 Å². The van der Waals surface area contributed by atoms with Crippen LogP contribution in [-0.2, 0) is 11.2 Å². The van der Waals surface area contributed by atoms with Crippen molar-refractivity contribution in [2.24, 2.45) is 5.92 Å². The maximum absolute atomic E-state index is 12.9. The molecule has 1 saturated heterocycles. The molecule has 0 aromatic heterocycles. The summed E-state index contributed by atoms with van der Waals surface area (Å²) in [5, 5.41) is 3.14. The van der Waals surface area contributed by atoms with Crippen LogP contribution in [0.25, 0.3) is 0 Å². The monoisotopic (exact) mass is 364 g/mol. The summed E-state index contributed by atoms with van der Waals surface area (Å²) in [6, 6.07) is 17.0. The lowest BCUT2D eigenvalue weighted by Crippen LogP contribution is -2.52. The highest BCUT2D eigenvalue weighted by Crippen LogP contribution is 2.38. The van der Waals surface area contributed by atoms with Crippen molar-refractivity contribution in [3.63, 3.8) is 0 Å². The van der Waals surface area contributed by atoms with Crippen LogP contribution < -0.4 is 10.1 Å². The smallest absolute Gasteiger partial charge is 0.251 e. The molecular formula is C22H24N2O3. The van der Waals surface area contributed by atoms with Crippen LogP contribution >= 0.6 is 0 Å². The van der Waals surface area contributed by atoms with E-state index in [0.29, 0.717) is 17.9 Å². The number of fused-ring (bicyclic) bond motifs is 2. The van der Waals surface area contributed by atoms with Gasteiger partial charge in [0.05, 0.1) is 19.6 Å². The van der Waals surface area contributed by atoms with Crippen LogP contribution in [0.4, 0.5) is 0 Å². The molecule has 3 unspecified atom stereocenters. The van der Waals surface area contributed by atoms with Crippen LogP contribution in [0.3, 0.4) is 0 Å². The van der Waals surface area contributed by atoms with E-state index in [9.17, 15) is 9.59 Å². The summed E-state index contributed by atoms with van der Waals surface area (Å²) in [5.74, 6) is 1.30. The summed E-state index contributed by atoms with van der Waals surface area (Å²) in [7, 11) is 1.63. The summed E-state index contributed by atoms with van der Waals surface area (Å²) in [4.78, 5) is 27.3. The lowest BCUT2D eigenvalue weighted by molar-refractivity contribution is -0.132. The lowest BCUT2D eigenvalue weighted by atomic mass is 10.0. The molecule has 1 N–H and O–H groups in total. The summed E-state index contributed by atoms with van der Waals surface area (Å²) in [6.07, 6.45) is 2.29. The highest BCUT2D eigenvalue weighted by atomic mass is 16.5. The Morgan fingerprint density at radius 3 is 2.67 bits per heavy atom. The molecule has 2 aromatic carbocycles. The fourth-order valence-electron chi connectivity index (χ4n) is 4.37. The number of carbonyl (C=O) groups is 2. The summed E-state index contributed by atoms with van der Waals surface area (Å²) in [6.45, 7) is 0.797. The van der Waals surface area contributed by atoms with Gasteiger partial charge in [0.25, 0.3) is 5.91 Å². The summed E-state index contributed by atoms with van der Waals surface area (Å²) in [5.41, 5.74) is 1.61. The third-order valence-electron chi connectivity index (χ3n) is 5.64. The molecule has 1 aliphatic heterocycles.